The molecular formula is C14H14N2O4S. The average Bonchev–Trinajstić information content (AvgIpc) is 3.13. The summed E-state index contributed by atoms with van der Waals surface area (Å²) in [7, 11) is 0. The van der Waals surface area contributed by atoms with Crippen molar-refractivity contribution in [2.24, 2.45) is 0 Å². The van der Waals surface area contributed by atoms with Crippen LogP contribution >= 0.6 is 11.3 Å². The number of carbonyl (C=O) groups excluding carboxylic acids is 1. The lowest BCUT2D eigenvalue weighted by Crippen LogP contribution is -2.28. The maximum absolute atomic E-state index is 12.1. The SMILES string of the molecule is Nc1cc2c(cc1C(=O)NCC(O)c1ccsc1)OCO2. The molecule has 2 heterocycles. The van der Waals surface area contributed by atoms with Gasteiger partial charge in [-0.15, -0.1) is 0 Å². The Balaban J connectivity index is 1.68. The molecule has 1 unspecified atom stereocenters. The minimum atomic E-state index is -0.740. The topological polar surface area (TPSA) is 93.8 Å². The summed E-state index contributed by atoms with van der Waals surface area (Å²) in [6.45, 7) is 0.236. The maximum atomic E-state index is 12.1. The molecule has 4 N–H and O–H groups in total. The van der Waals surface area contributed by atoms with Crippen LogP contribution in [-0.2, 0) is 0 Å². The summed E-state index contributed by atoms with van der Waals surface area (Å²) in [5.74, 6) is 0.662. The first kappa shape index (κ1) is 13.7. The molecule has 0 saturated heterocycles. The molecule has 0 radical (unpaired) electrons. The predicted molar refractivity (Wildman–Crippen MR) is 78.6 cm³/mol. The third-order valence-corrected chi connectivity index (χ3v) is 3.87. The highest BCUT2D eigenvalue weighted by Gasteiger charge is 2.20. The molecule has 0 bridgehead atoms. The second-order valence-electron chi connectivity index (χ2n) is 4.58. The van der Waals surface area contributed by atoms with Crippen molar-refractivity contribution in [3.05, 3.63) is 40.1 Å². The first-order valence-corrected chi connectivity index (χ1v) is 7.27. The lowest BCUT2D eigenvalue weighted by atomic mass is 10.1. The van der Waals surface area contributed by atoms with Gasteiger partial charge in [0.2, 0.25) is 6.79 Å². The maximum Gasteiger partial charge on any atom is 0.253 e. The summed E-state index contributed by atoms with van der Waals surface area (Å²) in [5, 5.41) is 16.3. The fourth-order valence-corrected chi connectivity index (χ4v) is 2.73. The van der Waals surface area contributed by atoms with Crippen molar-refractivity contribution in [2.45, 2.75) is 6.10 Å². The van der Waals surface area contributed by atoms with Gasteiger partial charge < -0.3 is 25.6 Å². The third kappa shape index (κ3) is 2.79. The Kier molecular flexibility index (Phi) is 3.68. The van der Waals surface area contributed by atoms with E-state index in [9.17, 15) is 9.90 Å². The van der Waals surface area contributed by atoms with E-state index >= 15 is 0 Å². The normalized spacial score (nSPS) is 14.0. The van der Waals surface area contributed by atoms with Crippen LogP contribution < -0.4 is 20.5 Å². The van der Waals surface area contributed by atoms with Crippen LogP contribution in [0.2, 0.25) is 0 Å². The molecule has 6 nitrogen and oxygen atoms in total. The van der Waals surface area contributed by atoms with E-state index < -0.39 is 6.10 Å². The fraction of sp³-hybridized carbons (Fsp3) is 0.214. The molecule has 2 aromatic rings. The molecule has 0 aliphatic carbocycles. The third-order valence-electron chi connectivity index (χ3n) is 3.17. The molecule has 1 aromatic carbocycles. The minimum absolute atomic E-state index is 0.115. The van der Waals surface area contributed by atoms with Gasteiger partial charge in [0.05, 0.1) is 11.7 Å². The summed E-state index contributed by atoms with van der Waals surface area (Å²) in [6, 6.07) is 4.92. The van der Waals surface area contributed by atoms with E-state index in [4.69, 9.17) is 15.2 Å². The zero-order valence-corrected chi connectivity index (χ0v) is 11.9. The number of ether oxygens (including phenoxy) is 2. The number of rotatable bonds is 4. The van der Waals surface area contributed by atoms with E-state index in [2.05, 4.69) is 5.32 Å². The minimum Gasteiger partial charge on any atom is -0.454 e. The fourth-order valence-electron chi connectivity index (χ4n) is 2.02. The Hall–Kier alpha value is -2.25. The predicted octanol–water partition coefficient (Wildman–Crippen LogP) is 1.52. The van der Waals surface area contributed by atoms with Crippen LogP contribution in [0, 0.1) is 0 Å². The van der Waals surface area contributed by atoms with Crippen molar-refractivity contribution >= 4 is 22.9 Å². The van der Waals surface area contributed by atoms with Crippen molar-refractivity contribution in [1.82, 2.24) is 5.32 Å². The van der Waals surface area contributed by atoms with E-state index in [-0.39, 0.29) is 19.2 Å². The van der Waals surface area contributed by atoms with Gasteiger partial charge in [0, 0.05) is 18.3 Å². The number of aliphatic hydroxyl groups is 1. The first-order chi connectivity index (χ1) is 10.1. The van der Waals surface area contributed by atoms with Crippen LogP contribution in [0.5, 0.6) is 11.5 Å². The number of aliphatic hydroxyl groups excluding tert-OH is 1. The van der Waals surface area contributed by atoms with Gasteiger partial charge in [0.25, 0.3) is 5.91 Å². The van der Waals surface area contributed by atoms with Crippen LogP contribution in [0.3, 0.4) is 0 Å². The first-order valence-electron chi connectivity index (χ1n) is 6.32. The number of nitrogen functional groups attached to an aromatic ring is 1. The van der Waals surface area contributed by atoms with Crippen molar-refractivity contribution in [2.75, 3.05) is 19.1 Å². The van der Waals surface area contributed by atoms with Gasteiger partial charge in [-0.3, -0.25) is 4.79 Å². The Labute approximate surface area is 125 Å². The highest BCUT2D eigenvalue weighted by molar-refractivity contribution is 7.07. The van der Waals surface area contributed by atoms with Crippen LogP contribution in [0.15, 0.2) is 29.0 Å². The second-order valence-corrected chi connectivity index (χ2v) is 5.36. The van der Waals surface area contributed by atoms with Gasteiger partial charge >= 0.3 is 0 Å². The molecule has 1 aromatic heterocycles. The molecule has 1 aliphatic rings. The molecular weight excluding hydrogens is 292 g/mol. The average molecular weight is 306 g/mol. The Morgan fingerprint density at radius 3 is 2.90 bits per heavy atom. The van der Waals surface area contributed by atoms with Crippen LogP contribution in [0.25, 0.3) is 0 Å². The monoisotopic (exact) mass is 306 g/mol. The van der Waals surface area contributed by atoms with Crippen molar-refractivity contribution < 1.29 is 19.4 Å². The van der Waals surface area contributed by atoms with Gasteiger partial charge in [-0.05, 0) is 28.5 Å². The largest absolute Gasteiger partial charge is 0.454 e. The number of nitrogens with two attached hydrogens (primary N) is 1. The van der Waals surface area contributed by atoms with Crippen LogP contribution in [0.1, 0.15) is 22.0 Å². The molecule has 7 heteroatoms. The second kappa shape index (κ2) is 5.63. The van der Waals surface area contributed by atoms with Gasteiger partial charge in [-0.2, -0.15) is 11.3 Å². The Morgan fingerprint density at radius 2 is 2.19 bits per heavy atom. The Bertz CT molecular complexity index is 657. The summed E-state index contributed by atoms with van der Waals surface area (Å²) < 4.78 is 10.4. The van der Waals surface area contributed by atoms with Gasteiger partial charge in [-0.1, -0.05) is 0 Å². The molecule has 0 fully saturated rings. The number of carbonyl (C=O) groups is 1. The number of hydrogen-bond donors (Lipinski definition) is 3. The van der Waals surface area contributed by atoms with Gasteiger partial charge in [0.1, 0.15) is 0 Å². The lowest BCUT2D eigenvalue weighted by Gasteiger charge is -2.12. The summed E-state index contributed by atoms with van der Waals surface area (Å²) in [5.41, 5.74) is 7.22. The number of amides is 1. The highest BCUT2D eigenvalue weighted by atomic mass is 32.1. The highest BCUT2D eigenvalue weighted by Crippen LogP contribution is 2.35. The quantitative estimate of drug-likeness (QED) is 0.745. The molecule has 1 aliphatic heterocycles. The molecule has 3 rings (SSSR count). The number of nitrogens with one attached hydrogen (secondary N) is 1. The number of benzene rings is 1. The molecule has 110 valence electrons. The van der Waals surface area contributed by atoms with E-state index in [0.717, 1.165) is 5.56 Å². The van der Waals surface area contributed by atoms with E-state index in [1.54, 1.807) is 12.1 Å². The summed E-state index contributed by atoms with van der Waals surface area (Å²) >= 11 is 1.49. The van der Waals surface area contributed by atoms with Crippen molar-refractivity contribution in [3.8, 4) is 11.5 Å². The smallest absolute Gasteiger partial charge is 0.253 e. The molecule has 1 atom stereocenters. The molecule has 1 amide bonds. The van der Waals surface area contributed by atoms with Crippen LogP contribution in [-0.4, -0.2) is 24.4 Å². The lowest BCUT2D eigenvalue weighted by molar-refractivity contribution is 0.0917. The van der Waals surface area contributed by atoms with E-state index in [1.165, 1.54) is 11.3 Å². The molecule has 0 spiro atoms. The standard InChI is InChI=1S/C14H14N2O4S/c15-10-4-13-12(19-7-20-13)3-9(10)14(18)16-5-11(17)8-1-2-21-6-8/h1-4,6,11,17H,5,7,15H2,(H,16,18). The van der Waals surface area contributed by atoms with E-state index in [0.29, 0.717) is 22.7 Å². The summed E-state index contributed by atoms with van der Waals surface area (Å²) in [6.07, 6.45) is -0.740. The number of anilines is 1. The number of hydrogen-bond acceptors (Lipinski definition) is 6. The van der Waals surface area contributed by atoms with Gasteiger partial charge in [-0.25, -0.2) is 0 Å². The van der Waals surface area contributed by atoms with E-state index in [1.807, 2.05) is 16.8 Å². The zero-order chi connectivity index (χ0) is 14.8. The van der Waals surface area contributed by atoms with Crippen molar-refractivity contribution in [1.29, 1.82) is 0 Å². The zero-order valence-electron chi connectivity index (χ0n) is 11.0. The number of fused-ring (bicyclic) bond motifs is 1. The van der Waals surface area contributed by atoms with Crippen LogP contribution in [0.4, 0.5) is 5.69 Å². The molecule has 21 heavy (non-hydrogen) atoms. The molecule has 0 saturated carbocycles. The summed E-state index contributed by atoms with van der Waals surface area (Å²) in [4.78, 5) is 12.1. The number of thiophene rings is 1. The van der Waals surface area contributed by atoms with Gasteiger partial charge in [0.15, 0.2) is 11.5 Å². The Morgan fingerprint density at radius 1 is 1.43 bits per heavy atom. The van der Waals surface area contributed by atoms with Crippen molar-refractivity contribution in [3.63, 3.8) is 0 Å².